The third-order valence-electron chi connectivity index (χ3n) is 3.54. The molecule has 0 aliphatic rings. The van der Waals surface area contributed by atoms with Gasteiger partial charge < -0.3 is 14.7 Å². The van der Waals surface area contributed by atoms with Crippen LogP contribution in [0.5, 0.6) is 0 Å². The number of rotatable bonds is 11. The second-order valence-corrected chi connectivity index (χ2v) is 6.09. The van der Waals surface area contributed by atoms with Gasteiger partial charge in [-0.3, -0.25) is 0 Å². The van der Waals surface area contributed by atoms with Gasteiger partial charge >= 0.3 is 0 Å². The van der Waals surface area contributed by atoms with E-state index in [-0.39, 0.29) is 0 Å². The summed E-state index contributed by atoms with van der Waals surface area (Å²) in [6, 6.07) is 0. The summed E-state index contributed by atoms with van der Waals surface area (Å²) in [4.78, 5) is 7.17. The molecule has 0 aromatic heterocycles. The first-order valence-corrected chi connectivity index (χ1v) is 7.47. The largest absolute Gasteiger partial charge is 0.309 e. The molecule has 0 rings (SSSR count). The lowest BCUT2D eigenvalue weighted by atomic mass is 10.0. The van der Waals surface area contributed by atoms with Crippen LogP contribution in [-0.2, 0) is 0 Å². The molecule has 3 nitrogen and oxygen atoms in total. The molecule has 0 saturated heterocycles. The van der Waals surface area contributed by atoms with Crippen molar-refractivity contribution < 1.29 is 0 Å². The second-order valence-electron chi connectivity index (χ2n) is 6.09. The van der Waals surface area contributed by atoms with Gasteiger partial charge in [0.25, 0.3) is 0 Å². The SMILES string of the molecule is CCCN(C)CCN(C)CCC(C)CCN(C)C. The van der Waals surface area contributed by atoms with E-state index in [1.54, 1.807) is 0 Å². The van der Waals surface area contributed by atoms with Crippen molar-refractivity contribution in [1.29, 1.82) is 0 Å². The van der Waals surface area contributed by atoms with Gasteiger partial charge in [-0.2, -0.15) is 0 Å². The van der Waals surface area contributed by atoms with Crippen molar-refractivity contribution in [2.24, 2.45) is 5.92 Å². The predicted molar refractivity (Wildman–Crippen MR) is 82.2 cm³/mol. The van der Waals surface area contributed by atoms with Gasteiger partial charge in [0.2, 0.25) is 0 Å². The van der Waals surface area contributed by atoms with E-state index in [0.717, 1.165) is 5.92 Å². The second kappa shape index (κ2) is 10.8. The average molecular weight is 257 g/mol. The minimum atomic E-state index is 0.836. The van der Waals surface area contributed by atoms with Gasteiger partial charge in [-0.05, 0) is 73.0 Å². The van der Waals surface area contributed by atoms with E-state index in [0.29, 0.717) is 0 Å². The van der Waals surface area contributed by atoms with Crippen molar-refractivity contribution in [3.8, 4) is 0 Å². The molecule has 0 aromatic carbocycles. The molecular weight excluding hydrogens is 222 g/mol. The Balaban J connectivity index is 3.54. The van der Waals surface area contributed by atoms with Crippen LogP contribution in [-0.4, -0.2) is 75.6 Å². The summed E-state index contributed by atoms with van der Waals surface area (Å²) in [5.74, 6) is 0.836. The van der Waals surface area contributed by atoms with E-state index in [4.69, 9.17) is 0 Å². The summed E-state index contributed by atoms with van der Waals surface area (Å²) in [6.45, 7) is 10.7. The van der Waals surface area contributed by atoms with Crippen molar-refractivity contribution in [2.75, 3.05) is 60.9 Å². The van der Waals surface area contributed by atoms with Gasteiger partial charge in [-0.1, -0.05) is 13.8 Å². The van der Waals surface area contributed by atoms with Crippen LogP contribution in [0.1, 0.15) is 33.1 Å². The Labute approximate surface area is 115 Å². The maximum absolute atomic E-state index is 2.47. The smallest absolute Gasteiger partial charge is 0.0106 e. The van der Waals surface area contributed by atoms with E-state index in [9.17, 15) is 0 Å². The summed E-state index contributed by atoms with van der Waals surface area (Å²) < 4.78 is 0. The van der Waals surface area contributed by atoms with Gasteiger partial charge in [0, 0.05) is 13.1 Å². The van der Waals surface area contributed by atoms with E-state index in [1.165, 1.54) is 52.0 Å². The minimum absolute atomic E-state index is 0.836. The predicted octanol–water partition coefficient (Wildman–Crippen LogP) is 2.24. The fourth-order valence-corrected chi connectivity index (χ4v) is 2.01. The molecule has 0 bridgehead atoms. The third kappa shape index (κ3) is 11.0. The highest BCUT2D eigenvalue weighted by Crippen LogP contribution is 2.08. The molecule has 0 radical (unpaired) electrons. The van der Waals surface area contributed by atoms with Crippen LogP contribution in [0.25, 0.3) is 0 Å². The fraction of sp³-hybridized carbons (Fsp3) is 1.00. The molecule has 1 atom stereocenters. The van der Waals surface area contributed by atoms with Crippen LogP contribution in [0.2, 0.25) is 0 Å². The molecule has 0 aromatic rings. The Kier molecular flexibility index (Phi) is 10.7. The zero-order valence-electron chi connectivity index (χ0n) is 13.6. The molecule has 3 heteroatoms. The lowest BCUT2D eigenvalue weighted by Crippen LogP contribution is -2.32. The maximum atomic E-state index is 2.47. The zero-order valence-corrected chi connectivity index (χ0v) is 13.6. The molecular formula is C15H35N3. The summed E-state index contributed by atoms with van der Waals surface area (Å²) in [5.41, 5.74) is 0. The standard InChI is InChI=1S/C15H35N3/c1-7-10-17(5)13-14-18(6)12-9-15(2)8-11-16(3)4/h15H,7-14H2,1-6H3. The molecule has 110 valence electrons. The van der Waals surface area contributed by atoms with Crippen LogP contribution in [0.4, 0.5) is 0 Å². The molecule has 0 saturated carbocycles. The van der Waals surface area contributed by atoms with Crippen molar-refractivity contribution in [1.82, 2.24) is 14.7 Å². The summed E-state index contributed by atoms with van der Waals surface area (Å²) in [7, 11) is 8.78. The topological polar surface area (TPSA) is 9.72 Å². The van der Waals surface area contributed by atoms with Crippen LogP contribution in [0.15, 0.2) is 0 Å². The van der Waals surface area contributed by atoms with Crippen LogP contribution in [0.3, 0.4) is 0 Å². The number of likely N-dealkylation sites (N-methyl/N-ethyl adjacent to an activating group) is 2. The Hall–Kier alpha value is -0.120. The monoisotopic (exact) mass is 257 g/mol. The molecule has 0 aliphatic heterocycles. The summed E-state index contributed by atoms with van der Waals surface area (Å²) in [5, 5.41) is 0. The first kappa shape index (κ1) is 17.9. The highest BCUT2D eigenvalue weighted by molar-refractivity contribution is 4.61. The first-order valence-electron chi connectivity index (χ1n) is 7.47. The van der Waals surface area contributed by atoms with Crippen molar-refractivity contribution in [3.05, 3.63) is 0 Å². The van der Waals surface area contributed by atoms with Gasteiger partial charge in [0.1, 0.15) is 0 Å². The quantitative estimate of drug-likeness (QED) is 0.562. The van der Waals surface area contributed by atoms with E-state index < -0.39 is 0 Å². The van der Waals surface area contributed by atoms with Crippen molar-refractivity contribution >= 4 is 0 Å². The van der Waals surface area contributed by atoms with Crippen LogP contribution in [0, 0.1) is 5.92 Å². The highest BCUT2D eigenvalue weighted by atomic mass is 15.2. The zero-order chi connectivity index (χ0) is 14.0. The number of hydrogen-bond donors (Lipinski definition) is 0. The van der Waals surface area contributed by atoms with Crippen LogP contribution >= 0.6 is 0 Å². The third-order valence-corrected chi connectivity index (χ3v) is 3.54. The number of nitrogens with zero attached hydrogens (tertiary/aromatic N) is 3. The van der Waals surface area contributed by atoms with Crippen LogP contribution < -0.4 is 0 Å². The molecule has 0 spiro atoms. The molecule has 0 fully saturated rings. The van der Waals surface area contributed by atoms with Gasteiger partial charge in [0.05, 0.1) is 0 Å². The first-order chi connectivity index (χ1) is 8.45. The molecule has 1 unspecified atom stereocenters. The Bertz CT molecular complexity index is 183. The Morgan fingerprint density at radius 2 is 1.22 bits per heavy atom. The molecule has 0 aliphatic carbocycles. The summed E-state index contributed by atoms with van der Waals surface area (Å²) in [6.07, 6.45) is 3.89. The molecule has 0 heterocycles. The normalized spacial score (nSPS) is 13.8. The number of hydrogen-bond acceptors (Lipinski definition) is 3. The summed E-state index contributed by atoms with van der Waals surface area (Å²) >= 11 is 0. The average Bonchev–Trinajstić information content (AvgIpc) is 2.31. The van der Waals surface area contributed by atoms with Crippen molar-refractivity contribution in [2.45, 2.75) is 33.1 Å². The van der Waals surface area contributed by atoms with E-state index in [1.807, 2.05) is 0 Å². The fourth-order valence-electron chi connectivity index (χ4n) is 2.01. The van der Waals surface area contributed by atoms with Gasteiger partial charge in [-0.15, -0.1) is 0 Å². The highest BCUT2D eigenvalue weighted by Gasteiger charge is 2.06. The lowest BCUT2D eigenvalue weighted by Gasteiger charge is -2.23. The molecule has 0 amide bonds. The van der Waals surface area contributed by atoms with E-state index >= 15 is 0 Å². The van der Waals surface area contributed by atoms with Gasteiger partial charge in [0.15, 0.2) is 0 Å². The van der Waals surface area contributed by atoms with Gasteiger partial charge in [-0.25, -0.2) is 0 Å². The lowest BCUT2D eigenvalue weighted by molar-refractivity contribution is 0.241. The Morgan fingerprint density at radius 1 is 0.722 bits per heavy atom. The maximum Gasteiger partial charge on any atom is 0.0106 e. The Morgan fingerprint density at radius 3 is 1.72 bits per heavy atom. The molecule has 0 N–H and O–H groups in total. The van der Waals surface area contributed by atoms with E-state index in [2.05, 4.69) is 56.7 Å². The minimum Gasteiger partial charge on any atom is -0.309 e. The molecule has 18 heavy (non-hydrogen) atoms. The van der Waals surface area contributed by atoms with Crippen molar-refractivity contribution in [3.63, 3.8) is 0 Å².